The summed E-state index contributed by atoms with van der Waals surface area (Å²) in [5.41, 5.74) is 1.23. The molecular weight excluding hydrogens is 411 g/mol. The van der Waals surface area contributed by atoms with Crippen molar-refractivity contribution in [3.63, 3.8) is 0 Å². The maximum atomic E-state index is 13.1. The average molecular weight is 433 g/mol. The van der Waals surface area contributed by atoms with Crippen LogP contribution in [0.1, 0.15) is 28.8 Å². The zero-order chi connectivity index (χ0) is 21.1. The van der Waals surface area contributed by atoms with Gasteiger partial charge in [-0.1, -0.05) is 11.6 Å². The van der Waals surface area contributed by atoms with E-state index in [9.17, 15) is 14.0 Å². The van der Waals surface area contributed by atoms with Gasteiger partial charge in [0.05, 0.1) is 10.9 Å². The Morgan fingerprint density at radius 3 is 2.73 bits per heavy atom. The second kappa shape index (κ2) is 8.92. The van der Waals surface area contributed by atoms with Crippen LogP contribution in [-0.4, -0.2) is 43.0 Å². The summed E-state index contributed by atoms with van der Waals surface area (Å²) in [5.74, 6) is 0.119. The molecule has 0 bridgehead atoms. The average Bonchev–Trinajstić information content (AvgIpc) is 2.77. The molecule has 0 radical (unpaired) electrons. The van der Waals surface area contributed by atoms with Crippen LogP contribution in [0.15, 0.2) is 36.4 Å². The molecular formula is C22H22ClFN2O4. The number of carbonyl (C=O) groups excluding carboxylic acids is 2. The predicted molar refractivity (Wildman–Crippen MR) is 109 cm³/mol. The first-order valence-corrected chi connectivity index (χ1v) is 10.3. The molecule has 4 rings (SSSR count). The lowest BCUT2D eigenvalue weighted by Crippen LogP contribution is -2.45. The van der Waals surface area contributed by atoms with Gasteiger partial charge in [0, 0.05) is 25.2 Å². The molecule has 1 fully saturated rings. The maximum Gasteiger partial charge on any atom is 0.253 e. The van der Waals surface area contributed by atoms with Crippen LogP contribution in [0.25, 0.3) is 0 Å². The highest BCUT2D eigenvalue weighted by molar-refractivity contribution is 6.32. The normalized spacial score (nSPS) is 18.1. The molecule has 6 nitrogen and oxygen atoms in total. The lowest BCUT2D eigenvalue weighted by molar-refractivity contribution is -0.126. The molecule has 8 heteroatoms. The van der Waals surface area contributed by atoms with E-state index in [1.807, 2.05) is 6.07 Å². The number of amides is 2. The fraction of sp³-hybridized carbons (Fsp3) is 0.364. The summed E-state index contributed by atoms with van der Waals surface area (Å²) in [7, 11) is 0. The topological polar surface area (TPSA) is 67.9 Å². The highest BCUT2D eigenvalue weighted by Crippen LogP contribution is 2.38. The van der Waals surface area contributed by atoms with E-state index < -0.39 is 0 Å². The molecule has 0 aromatic heterocycles. The molecule has 30 heavy (non-hydrogen) atoms. The van der Waals surface area contributed by atoms with Crippen LogP contribution in [0.2, 0.25) is 5.02 Å². The molecule has 0 spiro atoms. The number of piperidine rings is 1. The summed E-state index contributed by atoms with van der Waals surface area (Å²) < 4.78 is 24.2. The van der Waals surface area contributed by atoms with Gasteiger partial charge in [0.2, 0.25) is 5.91 Å². The third-order valence-electron chi connectivity index (χ3n) is 5.29. The second-order valence-electron chi connectivity index (χ2n) is 7.42. The van der Waals surface area contributed by atoms with Crippen molar-refractivity contribution in [3.8, 4) is 11.5 Å². The van der Waals surface area contributed by atoms with Crippen LogP contribution >= 0.6 is 11.6 Å². The fourth-order valence-electron chi connectivity index (χ4n) is 3.75. The summed E-state index contributed by atoms with van der Waals surface area (Å²) >= 11 is 6.25. The van der Waals surface area contributed by atoms with E-state index in [0.717, 1.165) is 12.0 Å². The summed E-state index contributed by atoms with van der Waals surface area (Å²) in [6, 6.07) is 9.02. The number of hydrogen-bond acceptors (Lipinski definition) is 4. The van der Waals surface area contributed by atoms with Gasteiger partial charge < -0.3 is 19.7 Å². The van der Waals surface area contributed by atoms with E-state index in [1.165, 1.54) is 24.3 Å². The van der Waals surface area contributed by atoms with E-state index in [0.29, 0.717) is 61.4 Å². The van der Waals surface area contributed by atoms with Crippen LogP contribution in [-0.2, 0) is 11.3 Å². The van der Waals surface area contributed by atoms with Gasteiger partial charge in [-0.15, -0.1) is 0 Å². The Bertz CT molecular complexity index is 951. The monoisotopic (exact) mass is 432 g/mol. The van der Waals surface area contributed by atoms with E-state index in [1.54, 1.807) is 11.0 Å². The molecule has 1 atom stereocenters. The first-order chi connectivity index (χ1) is 14.5. The number of likely N-dealkylation sites (tertiary alicyclic amines) is 1. The van der Waals surface area contributed by atoms with Gasteiger partial charge in [-0.2, -0.15) is 0 Å². The third-order valence-corrected chi connectivity index (χ3v) is 5.57. The van der Waals surface area contributed by atoms with Crippen LogP contribution < -0.4 is 14.8 Å². The second-order valence-corrected chi connectivity index (χ2v) is 7.82. The Morgan fingerprint density at radius 2 is 1.93 bits per heavy atom. The van der Waals surface area contributed by atoms with Gasteiger partial charge in [0.15, 0.2) is 11.5 Å². The maximum absolute atomic E-state index is 13.1. The Morgan fingerprint density at radius 1 is 1.17 bits per heavy atom. The number of rotatable bonds is 4. The molecule has 1 saturated heterocycles. The first kappa shape index (κ1) is 20.5. The minimum Gasteiger partial charge on any atom is -0.486 e. The number of halogens is 2. The van der Waals surface area contributed by atoms with Crippen molar-refractivity contribution in [2.75, 3.05) is 26.3 Å². The van der Waals surface area contributed by atoms with Crippen molar-refractivity contribution in [2.45, 2.75) is 19.4 Å². The molecule has 2 aliphatic heterocycles. The fourth-order valence-corrected chi connectivity index (χ4v) is 4.04. The first-order valence-electron chi connectivity index (χ1n) is 9.92. The van der Waals surface area contributed by atoms with E-state index in [-0.39, 0.29) is 23.5 Å². The van der Waals surface area contributed by atoms with Crippen molar-refractivity contribution >= 4 is 23.4 Å². The highest BCUT2D eigenvalue weighted by atomic mass is 35.5. The molecule has 2 heterocycles. The van der Waals surface area contributed by atoms with Crippen LogP contribution in [0.5, 0.6) is 11.5 Å². The molecule has 2 aromatic carbocycles. The minimum atomic E-state index is -0.387. The SMILES string of the molecule is O=C(NCc1cc(Cl)c2c(c1)OCCO2)C1CCCN(C(=O)c2ccc(F)cc2)C1. The zero-order valence-corrected chi connectivity index (χ0v) is 17.1. The largest absolute Gasteiger partial charge is 0.486 e. The molecule has 1 unspecified atom stereocenters. The Kier molecular flexibility index (Phi) is 6.08. The summed E-state index contributed by atoms with van der Waals surface area (Å²) in [6.45, 7) is 2.13. The number of fused-ring (bicyclic) bond motifs is 1. The van der Waals surface area contributed by atoms with E-state index >= 15 is 0 Å². The Labute approximate surface area is 178 Å². The summed E-state index contributed by atoms with van der Waals surface area (Å²) in [6.07, 6.45) is 1.45. The Balaban J connectivity index is 1.36. The summed E-state index contributed by atoms with van der Waals surface area (Å²) in [4.78, 5) is 27.0. The lowest BCUT2D eigenvalue weighted by atomic mass is 9.96. The predicted octanol–water partition coefficient (Wildman–Crippen LogP) is 3.42. The molecule has 2 aliphatic rings. The van der Waals surface area contributed by atoms with Gasteiger partial charge >= 0.3 is 0 Å². The molecule has 1 N–H and O–H groups in total. The number of carbonyl (C=O) groups is 2. The zero-order valence-electron chi connectivity index (χ0n) is 16.3. The number of hydrogen-bond donors (Lipinski definition) is 1. The van der Waals surface area contributed by atoms with Crippen molar-refractivity contribution in [3.05, 3.63) is 58.4 Å². The Hall–Kier alpha value is -2.80. The quantitative estimate of drug-likeness (QED) is 0.803. The molecule has 158 valence electrons. The smallest absolute Gasteiger partial charge is 0.253 e. The van der Waals surface area contributed by atoms with Crippen LogP contribution in [0.3, 0.4) is 0 Å². The van der Waals surface area contributed by atoms with Crippen molar-refractivity contribution in [1.82, 2.24) is 10.2 Å². The number of ether oxygens (including phenoxy) is 2. The van der Waals surface area contributed by atoms with Crippen molar-refractivity contribution in [2.24, 2.45) is 5.92 Å². The molecule has 0 saturated carbocycles. The van der Waals surface area contributed by atoms with Gasteiger partial charge in [-0.3, -0.25) is 9.59 Å². The van der Waals surface area contributed by atoms with Crippen molar-refractivity contribution < 1.29 is 23.5 Å². The van der Waals surface area contributed by atoms with Gasteiger partial charge in [-0.25, -0.2) is 4.39 Å². The van der Waals surface area contributed by atoms with Crippen LogP contribution in [0.4, 0.5) is 4.39 Å². The standard InChI is InChI=1S/C22H22ClFN2O4/c23-18-10-14(11-19-20(18)30-9-8-29-19)12-25-21(27)16-2-1-7-26(13-16)22(28)15-3-5-17(24)6-4-15/h3-6,10-11,16H,1-2,7-9,12-13H2,(H,25,27). The van der Waals surface area contributed by atoms with E-state index in [4.69, 9.17) is 21.1 Å². The third kappa shape index (κ3) is 4.51. The number of nitrogens with one attached hydrogen (secondary N) is 1. The molecule has 0 aliphatic carbocycles. The van der Waals surface area contributed by atoms with Gasteiger partial charge in [0.1, 0.15) is 19.0 Å². The minimum absolute atomic E-state index is 0.113. The van der Waals surface area contributed by atoms with Crippen LogP contribution in [0, 0.1) is 11.7 Å². The molecule has 2 amide bonds. The lowest BCUT2D eigenvalue weighted by Gasteiger charge is -2.32. The summed E-state index contributed by atoms with van der Waals surface area (Å²) in [5, 5.41) is 3.38. The molecule has 2 aromatic rings. The van der Waals surface area contributed by atoms with Gasteiger partial charge in [0.25, 0.3) is 5.91 Å². The van der Waals surface area contributed by atoms with E-state index in [2.05, 4.69) is 5.32 Å². The highest BCUT2D eigenvalue weighted by Gasteiger charge is 2.29. The van der Waals surface area contributed by atoms with Gasteiger partial charge in [-0.05, 0) is 54.8 Å². The number of benzene rings is 2. The number of nitrogens with zero attached hydrogens (tertiary/aromatic N) is 1. The van der Waals surface area contributed by atoms with Crippen molar-refractivity contribution in [1.29, 1.82) is 0 Å².